The highest BCUT2D eigenvalue weighted by atomic mass is 32.1. The molecule has 0 bridgehead atoms. The summed E-state index contributed by atoms with van der Waals surface area (Å²) in [5.74, 6) is -0.921. The molecule has 5 heteroatoms. The van der Waals surface area contributed by atoms with Gasteiger partial charge in [0.2, 0.25) is 0 Å². The zero-order valence-electron chi connectivity index (χ0n) is 12.2. The fourth-order valence-electron chi connectivity index (χ4n) is 2.30. The molecule has 0 aliphatic carbocycles. The first-order chi connectivity index (χ1) is 11.1. The maximum atomic E-state index is 10.8. The summed E-state index contributed by atoms with van der Waals surface area (Å²) in [6.07, 6.45) is 2.12. The average Bonchev–Trinajstić information content (AvgIpc) is 2.95. The first-order valence-electron chi connectivity index (χ1n) is 7.17. The predicted molar refractivity (Wildman–Crippen MR) is 89.8 cm³/mol. The molecule has 0 atom stereocenters. The topological polar surface area (TPSA) is 73.2 Å². The minimum atomic E-state index is -1.09. The number of fused-ring (bicyclic) bond motifs is 1. The maximum absolute atomic E-state index is 10.8. The molecule has 0 saturated carbocycles. The Kier molecular flexibility index (Phi) is 4.39. The van der Waals surface area contributed by atoms with Gasteiger partial charge >= 0.3 is 0 Å². The van der Waals surface area contributed by atoms with E-state index in [0.29, 0.717) is 6.42 Å². The van der Waals surface area contributed by atoms with Crippen LogP contribution in [0.1, 0.15) is 23.4 Å². The van der Waals surface area contributed by atoms with Gasteiger partial charge in [-0.05, 0) is 54.3 Å². The summed E-state index contributed by atoms with van der Waals surface area (Å²) in [7, 11) is 0. The van der Waals surface area contributed by atoms with Crippen LogP contribution in [0.5, 0.6) is 5.75 Å². The van der Waals surface area contributed by atoms with Gasteiger partial charge in [0.05, 0.1) is 10.2 Å². The number of phenolic OH excluding ortho intramolecular Hbond substituents is 1. The number of aromatic nitrogens is 1. The zero-order valence-corrected chi connectivity index (χ0v) is 13.0. The molecule has 2 aromatic carbocycles. The third kappa shape index (κ3) is 3.76. The number of rotatable bonds is 5. The molecule has 1 heterocycles. The molecule has 0 aliphatic heterocycles. The summed E-state index contributed by atoms with van der Waals surface area (Å²) >= 11 is 1.53. The SMILES string of the molecule is O=C([O-])CC/C(=C\c1cccc(O)c1)c1nc2ccccc2s1. The molecule has 1 aromatic heterocycles. The summed E-state index contributed by atoms with van der Waals surface area (Å²) < 4.78 is 1.05. The zero-order chi connectivity index (χ0) is 16.2. The number of nitrogens with zero attached hydrogens (tertiary/aromatic N) is 1. The highest BCUT2D eigenvalue weighted by molar-refractivity contribution is 7.19. The minimum absolute atomic E-state index is 0.0689. The number of thiazole rings is 1. The van der Waals surface area contributed by atoms with Gasteiger partial charge in [0, 0.05) is 5.97 Å². The summed E-state index contributed by atoms with van der Waals surface area (Å²) in [5.41, 5.74) is 2.52. The van der Waals surface area contributed by atoms with Gasteiger partial charge in [-0.3, -0.25) is 0 Å². The Morgan fingerprint density at radius 3 is 2.74 bits per heavy atom. The van der Waals surface area contributed by atoms with E-state index in [4.69, 9.17) is 0 Å². The summed E-state index contributed by atoms with van der Waals surface area (Å²) in [6.45, 7) is 0. The molecule has 0 fully saturated rings. The van der Waals surface area contributed by atoms with E-state index in [1.807, 2.05) is 36.4 Å². The molecular weight excluding hydrogens is 310 g/mol. The highest BCUT2D eigenvalue weighted by Crippen LogP contribution is 2.31. The first-order valence-corrected chi connectivity index (χ1v) is 7.99. The van der Waals surface area contributed by atoms with Crippen LogP contribution in [-0.4, -0.2) is 16.1 Å². The number of para-hydroxylation sites is 1. The first kappa shape index (κ1) is 15.2. The van der Waals surface area contributed by atoms with Crippen molar-refractivity contribution in [3.8, 4) is 5.75 Å². The van der Waals surface area contributed by atoms with Crippen molar-refractivity contribution in [2.75, 3.05) is 0 Å². The molecule has 0 spiro atoms. The highest BCUT2D eigenvalue weighted by Gasteiger charge is 2.09. The van der Waals surface area contributed by atoms with Gasteiger partial charge in [-0.1, -0.05) is 24.3 Å². The van der Waals surface area contributed by atoms with Crippen molar-refractivity contribution in [2.24, 2.45) is 0 Å². The molecule has 0 aliphatic rings. The molecule has 116 valence electrons. The Labute approximate surface area is 137 Å². The quantitative estimate of drug-likeness (QED) is 0.783. The Hall–Kier alpha value is -2.66. The number of hydrogen-bond acceptors (Lipinski definition) is 5. The van der Waals surface area contributed by atoms with Gasteiger partial charge in [-0.2, -0.15) is 0 Å². The molecule has 0 unspecified atom stereocenters. The third-order valence-corrected chi connectivity index (χ3v) is 4.49. The lowest BCUT2D eigenvalue weighted by atomic mass is 10.1. The normalized spacial score (nSPS) is 11.7. The van der Waals surface area contributed by atoms with E-state index in [9.17, 15) is 15.0 Å². The maximum Gasteiger partial charge on any atom is 0.120 e. The van der Waals surface area contributed by atoms with Crippen LogP contribution in [0, 0.1) is 0 Å². The van der Waals surface area contributed by atoms with Crippen molar-refractivity contribution < 1.29 is 15.0 Å². The van der Waals surface area contributed by atoms with Crippen LogP contribution in [-0.2, 0) is 4.79 Å². The number of carbonyl (C=O) groups excluding carboxylic acids is 1. The number of hydrogen-bond donors (Lipinski definition) is 1. The van der Waals surface area contributed by atoms with Crippen LogP contribution in [0.3, 0.4) is 0 Å². The van der Waals surface area contributed by atoms with Gasteiger partial charge in [0.1, 0.15) is 10.8 Å². The molecule has 1 N–H and O–H groups in total. The minimum Gasteiger partial charge on any atom is -0.550 e. The number of benzene rings is 2. The second-order valence-corrected chi connectivity index (χ2v) is 6.15. The largest absolute Gasteiger partial charge is 0.550 e. The van der Waals surface area contributed by atoms with Crippen molar-refractivity contribution in [1.29, 1.82) is 0 Å². The van der Waals surface area contributed by atoms with Crippen LogP contribution in [0.25, 0.3) is 21.9 Å². The van der Waals surface area contributed by atoms with Crippen molar-refractivity contribution in [3.05, 3.63) is 59.1 Å². The van der Waals surface area contributed by atoms with Crippen molar-refractivity contribution in [1.82, 2.24) is 4.98 Å². The fraction of sp³-hybridized carbons (Fsp3) is 0.111. The lowest BCUT2D eigenvalue weighted by Gasteiger charge is -2.06. The number of aromatic hydroxyl groups is 1. The lowest BCUT2D eigenvalue weighted by Crippen LogP contribution is -2.21. The number of phenols is 1. The lowest BCUT2D eigenvalue weighted by molar-refractivity contribution is -0.305. The average molecular weight is 324 g/mol. The number of carbonyl (C=O) groups is 1. The van der Waals surface area contributed by atoms with Crippen LogP contribution < -0.4 is 5.11 Å². The summed E-state index contributed by atoms with van der Waals surface area (Å²) in [6, 6.07) is 14.6. The van der Waals surface area contributed by atoms with E-state index in [0.717, 1.165) is 26.4 Å². The van der Waals surface area contributed by atoms with E-state index in [1.54, 1.807) is 18.2 Å². The molecule has 23 heavy (non-hydrogen) atoms. The molecule has 4 nitrogen and oxygen atoms in total. The molecular formula is C18H14NO3S-. The molecule has 3 aromatic rings. The van der Waals surface area contributed by atoms with Gasteiger partial charge in [0.25, 0.3) is 0 Å². The van der Waals surface area contributed by atoms with E-state index in [1.165, 1.54) is 11.3 Å². The smallest absolute Gasteiger partial charge is 0.120 e. The van der Waals surface area contributed by atoms with Gasteiger partial charge in [0.15, 0.2) is 0 Å². The monoisotopic (exact) mass is 324 g/mol. The molecule has 0 radical (unpaired) electrons. The molecule has 3 rings (SSSR count). The van der Waals surface area contributed by atoms with Crippen LogP contribution in [0.2, 0.25) is 0 Å². The Morgan fingerprint density at radius 1 is 1.17 bits per heavy atom. The molecule has 0 saturated heterocycles. The number of carboxylic acid groups (broad SMARTS) is 1. The van der Waals surface area contributed by atoms with Gasteiger partial charge in [-0.15, -0.1) is 11.3 Å². The van der Waals surface area contributed by atoms with Gasteiger partial charge < -0.3 is 15.0 Å². The van der Waals surface area contributed by atoms with Crippen LogP contribution >= 0.6 is 11.3 Å². The third-order valence-electron chi connectivity index (χ3n) is 3.38. The van der Waals surface area contributed by atoms with Gasteiger partial charge in [-0.25, -0.2) is 4.98 Å². The van der Waals surface area contributed by atoms with E-state index in [2.05, 4.69) is 4.98 Å². The van der Waals surface area contributed by atoms with Crippen LogP contribution in [0.15, 0.2) is 48.5 Å². The predicted octanol–water partition coefficient (Wildman–Crippen LogP) is 3.07. The van der Waals surface area contributed by atoms with Crippen molar-refractivity contribution in [2.45, 2.75) is 12.8 Å². The number of carboxylic acids is 1. The second kappa shape index (κ2) is 6.62. The Balaban J connectivity index is 2.02. The van der Waals surface area contributed by atoms with Crippen molar-refractivity contribution >= 4 is 39.2 Å². The van der Waals surface area contributed by atoms with Crippen molar-refractivity contribution in [3.63, 3.8) is 0 Å². The number of allylic oxidation sites excluding steroid dienone is 1. The summed E-state index contributed by atoms with van der Waals surface area (Å²) in [4.78, 5) is 15.4. The second-order valence-electron chi connectivity index (χ2n) is 5.12. The van der Waals surface area contributed by atoms with Crippen LogP contribution in [0.4, 0.5) is 0 Å². The number of aliphatic carboxylic acids is 1. The standard InChI is InChI=1S/C18H15NO3S/c20-14-5-3-4-12(11-14)10-13(8-9-17(21)22)18-19-15-6-1-2-7-16(15)23-18/h1-7,10-11,20H,8-9H2,(H,21,22)/p-1/b13-10+. The summed E-state index contributed by atoms with van der Waals surface area (Å²) in [5, 5.41) is 21.2. The fourth-order valence-corrected chi connectivity index (χ4v) is 3.31. The van der Waals surface area contributed by atoms with E-state index >= 15 is 0 Å². The Bertz CT molecular complexity index is 850. The van der Waals surface area contributed by atoms with E-state index < -0.39 is 5.97 Å². The molecule has 0 amide bonds. The Morgan fingerprint density at radius 2 is 2.00 bits per heavy atom. The van der Waals surface area contributed by atoms with E-state index in [-0.39, 0.29) is 12.2 Å².